The van der Waals surface area contributed by atoms with Crippen LogP contribution in [0.5, 0.6) is 5.75 Å². The number of carbonyl (C=O) groups excluding carboxylic acids is 1. The molecule has 2 aromatic rings. The Bertz CT molecular complexity index is 717. The van der Waals surface area contributed by atoms with Crippen LogP contribution >= 0.6 is 0 Å². The molecule has 134 valence electrons. The molecule has 7 nitrogen and oxygen atoms in total. The van der Waals surface area contributed by atoms with E-state index in [1.54, 1.807) is 13.8 Å². The molecular formula is C18H23N3O4. The van der Waals surface area contributed by atoms with Crippen molar-refractivity contribution in [3.63, 3.8) is 0 Å². The van der Waals surface area contributed by atoms with Gasteiger partial charge in [-0.05, 0) is 45.0 Å². The summed E-state index contributed by atoms with van der Waals surface area (Å²) in [5, 5.41) is 0. The Labute approximate surface area is 147 Å². The van der Waals surface area contributed by atoms with Gasteiger partial charge in [0.1, 0.15) is 17.9 Å². The van der Waals surface area contributed by atoms with Gasteiger partial charge in [-0.15, -0.1) is 0 Å². The van der Waals surface area contributed by atoms with Gasteiger partial charge >= 0.3 is 5.97 Å². The number of anilines is 1. The van der Waals surface area contributed by atoms with Crippen molar-refractivity contribution in [2.45, 2.75) is 20.8 Å². The summed E-state index contributed by atoms with van der Waals surface area (Å²) in [4.78, 5) is 20.6. The predicted octanol–water partition coefficient (Wildman–Crippen LogP) is 2.63. The van der Waals surface area contributed by atoms with Crippen LogP contribution in [0.15, 0.2) is 24.3 Å². The number of nitrogen functional groups attached to an aromatic ring is 1. The molecule has 2 rings (SSSR count). The SMILES string of the molecule is CCOCCOc1ccc(-c2nc(N)nc(C)c2C(=O)OCC)cc1. The highest BCUT2D eigenvalue weighted by Gasteiger charge is 2.20. The molecule has 0 radical (unpaired) electrons. The van der Waals surface area contributed by atoms with Crippen LogP contribution in [0.25, 0.3) is 11.3 Å². The standard InChI is InChI=1S/C18H23N3O4/c1-4-23-10-11-25-14-8-6-13(7-9-14)16-15(17(22)24-5-2)12(3)20-18(19)21-16/h6-9H,4-5,10-11H2,1-3H3,(H2,19,20,21). The molecule has 2 N–H and O–H groups in total. The Morgan fingerprint density at radius 3 is 2.44 bits per heavy atom. The molecule has 0 saturated carbocycles. The summed E-state index contributed by atoms with van der Waals surface area (Å²) in [6.07, 6.45) is 0. The van der Waals surface area contributed by atoms with E-state index in [1.807, 2.05) is 31.2 Å². The van der Waals surface area contributed by atoms with E-state index in [9.17, 15) is 4.79 Å². The summed E-state index contributed by atoms with van der Waals surface area (Å²) < 4.78 is 15.9. The lowest BCUT2D eigenvalue weighted by Crippen LogP contribution is -2.13. The number of aryl methyl sites for hydroxylation is 1. The van der Waals surface area contributed by atoms with Crippen molar-refractivity contribution in [3.8, 4) is 17.0 Å². The van der Waals surface area contributed by atoms with E-state index in [2.05, 4.69) is 9.97 Å². The van der Waals surface area contributed by atoms with E-state index in [4.69, 9.17) is 19.9 Å². The number of nitrogens with zero attached hydrogens (tertiary/aromatic N) is 2. The zero-order valence-electron chi connectivity index (χ0n) is 14.7. The van der Waals surface area contributed by atoms with Crippen molar-refractivity contribution in [2.24, 2.45) is 0 Å². The van der Waals surface area contributed by atoms with Gasteiger partial charge in [0.25, 0.3) is 0 Å². The highest BCUT2D eigenvalue weighted by Crippen LogP contribution is 2.27. The number of esters is 1. The zero-order chi connectivity index (χ0) is 18.2. The third-order valence-corrected chi connectivity index (χ3v) is 3.42. The lowest BCUT2D eigenvalue weighted by molar-refractivity contribution is 0.0525. The van der Waals surface area contributed by atoms with Gasteiger partial charge in [-0.1, -0.05) is 0 Å². The van der Waals surface area contributed by atoms with Gasteiger partial charge in [0.05, 0.1) is 24.6 Å². The van der Waals surface area contributed by atoms with Crippen LogP contribution in [0.2, 0.25) is 0 Å². The van der Waals surface area contributed by atoms with Gasteiger partial charge < -0.3 is 19.9 Å². The fourth-order valence-electron chi connectivity index (χ4n) is 2.32. The second-order valence-electron chi connectivity index (χ2n) is 5.18. The molecular weight excluding hydrogens is 322 g/mol. The molecule has 0 amide bonds. The number of benzene rings is 1. The van der Waals surface area contributed by atoms with Crippen LogP contribution < -0.4 is 10.5 Å². The van der Waals surface area contributed by atoms with Gasteiger partial charge in [0.2, 0.25) is 5.95 Å². The highest BCUT2D eigenvalue weighted by atomic mass is 16.5. The van der Waals surface area contributed by atoms with Crippen molar-refractivity contribution in [2.75, 3.05) is 32.2 Å². The fraction of sp³-hybridized carbons (Fsp3) is 0.389. The predicted molar refractivity (Wildman–Crippen MR) is 94.6 cm³/mol. The molecule has 1 aromatic heterocycles. The topological polar surface area (TPSA) is 96.6 Å². The third kappa shape index (κ3) is 4.90. The maximum absolute atomic E-state index is 12.3. The first kappa shape index (κ1) is 18.7. The first-order chi connectivity index (χ1) is 12.1. The molecule has 1 aromatic carbocycles. The number of rotatable bonds is 8. The minimum Gasteiger partial charge on any atom is -0.491 e. The summed E-state index contributed by atoms with van der Waals surface area (Å²) in [7, 11) is 0. The largest absolute Gasteiger partial charge is 0.491 e. The average molecular weight is 345 g/mol. The van der Waals surface area contributed by atoms with Crippen LogP contribution in [-0.4, -0.2) is 42.4 Å². The van der Waals surface area contributed by atoms with Crippen LogP contribution in [0.1, 0.15) is 29.9 Å². The molecule has 0 fully saturated rings. The quantitative estimate of drug-likeness (QED) is 0.580. The van der Waals surface area contributed by atoms with E-state index in [-0.39, 0.29) is 12.6 Å². The first-order valence-corrected chi connectivity index (χ1v) is 8.19. The molecule has 0 unspecified atom stereocenters. The van der Waals surface area contributed by atoms with Crippen LogP contribution in [0, 0.1) is 6.92 Å². The smallest absolute Gasteiger partial charge is 0.342 e. The molecule has 0 saturated heterocycles. The molecule has 0 aliphatic heterocycles. The van der Waals surface area contributed by atoms with E-state index >= 15 is 0 Å². The number of ether oxygens (including phenoxy) is 3. The van der Waals surface area contributed by atoms with Crippen LogP contribution in [0.3, 0.4) is 0 Å². The van der Waals surface area contributed by atoms with Gasteiger partial charge in [-0.25, -0.2) is 14.8 Å². The van der Waals surface area contributed by atoms with Crippen LogP contribution in [0.4, 0.5) is 5.95 Å². The lowest BCUT2D eigenvalue weighted by Gasteiger charge is -2.12. The zero-order valence-corrected chi connectivity index (χ0v) is 14.7. The van der Waals surface area contributed by atoms with Crippen molar-refractivity contribution in [1.29, 1.82) is 0 Å². The summed E-state index contributed by atoms with van der Waals surface area (Å²) in [6.45, 7) is 7.33. The summed E-state index contributed by atoms with van der Waals surface area (Å²) in [6, 6.07) is 7.26. The second-order valence-corrected chi connectivity index (χ2v) is 5.18. The first-order valence-electron chi connectivity index (χ1n) is 8.19. The number of carbonyl (C=O) groups is 1. The highest BCUT2D eigenvalue weighted by molar-refractivity contribution is 5.97. The fourth-order valence-corrected chi connectivity index (χ4v) is 2.32. The lowest BCUT2D eigenvalue weighted by atomic mass is 10.0. The van der Waals surface area contributed by atoms with Gasteiger partial charge in [-0.2, -0.15) is 0 Å². The minimum atomic E-state index is -0.466. The number of aromatic nitrogens is 2. The third-order valence-electron chi connectivity index (χ3n) is 3.42. The maximum Gasteiger partial charge on any atom is 0.342 e. The number of nitrogens with two attached hydrogens (primary N) is 1. The summed E-state index contributed by atoms with van der Waals surface area (Å²) in [5.41, 5.74) is 7.74. The molecule has 0 bridgehead atoms. The Morgan fingerprint density at radius 2 is 1.80 bits per heavy atom. The Balaban J connectivity index is 2.27. The molecule has 0 aliphatic rings. The van der Waals surface area contributed by atoms with Crippen molar-refractivity contribution < 1.29 is 19.0 Å². The monoisotopic (exact) mass is 345 g/mol. The normalized spacial score (nSPS) is 10.5. The Hall–Kier alpha value is -2.67. The van der Waals surface area contributed by atoms with E-state index in [0.717, 1.165) is 5.56 Å². The van der Waals surface area contributed by atoms with E-state index in [0.29, 0.717) is 42.5 Å². The van der Waals surface area contributed by atoms with Gasteiger partial charge in [-0.3, -0.25) is 0 Å². The second kappa shape index (κ2) is 8.98. The molecule has 0 aliphatic carbocycles. The van der Waals surface area contributed by atoms with Gasteiger partial charge in [0.15, 0.2) is 0 Å². The van der Waals surface area contributed by atoms with E-state index in [1.165, 1.54) is 0 Å². The van der Waals surface area contributed by atoms with E-state index < -0.39 is 5.97 Å². The molecule has 7 heteroatoms. The number of hydrogen-bond donors (Lipinski definition) is 1. The summed E-state index contributed by atoms with van der Waals surface area (Å²) >= 11 is 0. The van der Waals surface area contributed by atoms with Crippen molar-refractivity contribution in [1.82, 2.24) is 9.97 Å². The van der Waals surface area contributed by atoms with Crippen molar-refractivity contribution in [3.05, 3.63) is 35.5 Å². The Morgan fingerprint density at radius 1 is 1.08 bits per heavy atom. The average Bonchev–Trinajstić information content (AvgIpc) is 2.59. The maximum atomic E-state index is 12.3. The van der Waals surface area contributed by atoms with Crippen molar-refractivity contribution >= 4 is 11.9 Å². The summed E-state index contributed by atoms with van der Waals surface area (Å²) in [5.74, 6) is 0.351. The molecule has 1 heterocycles. The molecule has 0 atom stereocenters. The Kier molecular flexibility index (Phi) is 6.71. The molecule has 0 spiro atoms. The van der Waals surface area contributed by atoms with Crippen LogP contribution in [-0.2, 0) is 9.47 Å². The van der Waals surface area contributed by atoms with Gasteiger partial charge in [0, 0.05) is 12.2 Å². The minimum absolute atomic E-state index is 0.109. The molecule has 25 heavy (non-hydrogen) atoms. The number of hydrogen-bond acceptors (Lipinski definition) is 7.